The number of carbonyl (C=O) groups is 1. The Labute approximate surface area is 287 Å². The normalized spacial score (nSPS) is 16.2. The third kappa shape index (κ3) is 11.8. The molecular weight excluding hydrogens is 629 g/mol. The number of carbonyl (C=O) groups excluding carboxylic acids is 1. The van der Waals surface area contributed by atoms with Crippen LogP contribution < -0.4 is 0 Å². The number of benzene rings is 4. The molecule has 0 aromatic heterocycles. The molecule has 1 aliphatic rings. The summed E-state index contributed by atoms with van der Waals surface area (Å²) in [4.78, 5) is 12.2. The Balaban J connectivity index is 1.52. The Bertz CT molecular complexity index is 1420. The zero-order valence-corrected chi connectivity index (χ0v) is 28.5. The molecule has 1 saturated heterocycles. The van der Waals surface area contributed by atoms with E-state index in [-0.39, 0.29) is 23.3 Å². The van der Waals surface area contributed by atoms with Gasteiger partial charge in [-0.25, -0.2) is 0 Å². The van der Waals surface area contributed by atoms with Crippen molar-refractivity contribution < 1.29 is 28.5 Å². The van der Waals surface area contributed by atoms with Gasteiger partial charge in [0, 0.05) is 6.92 Å². The second kappa shape index (κ2) is 19.6. The number of rotatable bonds is 18. The van der Waals surface area contributed by atoms with Crippen molar-refractivity contribution in [2.45, 2.75) is 68.8 Å². The van der Waals surface area contributed by atoms with Crippen LogP contribution in [0.4, 0.5) is 0 Å². The Morgan fingerprint density at radius 3 is 1.45 bits per heavy atom. The fourth-order valence-electron chi connectivity index (χ4n) is 5.33. The molecule has 5 rings (SSSR count). The topological polar surface area (TPSA) is 63.2 Å². The fourth-order valence-corrected chi connectivity index (χ4v) is 8.41. The first-order valence-electron chi connectivity index (χ1n) is 16.1. The largest absolute Gasteiger partial charge is 0.463 e. The van der Waals surface area contributed by atoms with Crippen molar-refractivity contribution in [1.82, 2.24) is 0 Å². The van der Waals surface area contributed by atoms with E-state index in [2.05, 4.69) is 24.3 Å². The summed E-state index contributed by atoms with van der Waals surface area (Å²) < 4.78 is 33.0. The van der Waals surface area contributed by atoms with Crippen LogP contribution in [0.15, 0.2) is 121 Å². The number of esters is 1. The van der Waals surface area contributed by atoms with Crippen LogP contribution in [0.2, 0.25) is 0 Å². The minimum absolute atomic E-state index is 0.0170. The summed E-state index contributed by atoms with van der Waals surface area (Å²) in [5.74, 6) is 1.72. The molecule has 1 fully saturated rings. The maximum absolute atomic E-state index is 12.2. The van der Waals surface area contributed by atoms with Crippen molar-refractivity contribution in [2.24, 2.45) is 0 Å². The molecule has 0 radical (unpaired) electrons. The number of hydrogen-bond donors (Lipinski definition) is 0. The fraction of sp³-hybridized carbons (Fsp3) is 0.359. The molecule has 8 heteroatoms. The Morgan fingerprint density at radius 1 is 0.596 bits per heavy atom. The van der Waals surface area contributed by atoms with Gasteiger partial charge in [0.05, 0.1) is 31.0 Å². The van der Waals surface area contributed by atoms with Crippen molar-refractivity contribution in [3.8, 4) is 0 Å². The van der Waals surface area contributed by atoms with Crippen molar-refractivity contribution in [3.63, 3.8) is 0 Å². The van der Waals surface area contributed by atoms with Gasteiger partial charge in [0.25, 0.3) is 0 Å². The predicted octanol–water partition coefficient (Wildman–Crippen LogP) is 8.09. The molecule has 4 aromatic rings. The van der Waals surface area contributed by atoms with Crippen LogP contribution in [-0.4, -0.2) is 53.1 Å². The summed E-state index contributed by atoms with van der Waals surface area (Å²) >= 11 is 3.81. The lowest BCUT2D eigenvalue weighted by Crippen LogP contribution is -2.53. The molecule has 0 aliphatic carbocycles. The lowest BCUT2D eigenvalue weighted by molar-refractivity contribution is -0.198. The van der Waals surface area contributed by atoms with Crippen LogP contribution >= 0.6 is 23.5 Å². The third-order valence-electron chi connectivity index (χ3n) is 7.75. The van der Waals surface area contributed by atoms with Gasteiger partial charge in [0.2, 0.25) is 0 Å². The van der Waals surface area contributed by atoms with E-state index in [1.807, 2.05) is 121 Å². The molecule has 1 aliphatic heterocycles. The van der Waals surface area contributed by atoms with Crippen LogP contribution in [0.25, 0.3) is 0 Å². The highest BCUT2D eigenvalue weighted by Crippen LogP contribution is 2.38. The van der Waals surface area contributed by atoms with Crippen molar-refractivity contribution in [1.29, 1.82) is 0 Å². The van der Waals surface area contributed by atoms with Crippen LogP contribution in [0.3, 0.4) is 0 Å². The molecule has 248 valence electrons. The molecule has 0 saturated carbocycles. The number of ether oxygens (including phenoxy) is 5. The molecule has 4 atom stereocenters. The highest BCUT2D eigenvalue weighted by molar-refractivity contribution is 8.17. The summed E-state index contributed by atoms with van der Waals surface area (Å²) in [7, 11) is 0. The predicted molar refractivity (Wildman–Crippen MR) is 190 cm³/mol. The molecule has 47 heavy (non-hydrogen) atoms. The van der Waals surface area contributed by atoms with E-state index < -0.39 is 18.3 Å². The lowest BCUT2D eigenvalue weighted by Gasteiger charge is -2.40. The standard InChI is InChI=1S/C39H44O6S2/c1-30(40)41-29-35(42-25-31-15-6-2-7-16-31)36(43-26-32-17-8-3-9-18-32)37(44-27-33-19-10-4-11-20-33)38(39-46-23-14-24-47-39)45-28-34-21-12-5-13-22-34/h2-13,15-22,35-39H,14,23-29H2,1H3/t35-,36+,37-,38-/m1/s1. The summed E-state index contributed by atoms with van der Waals surface area (Å²) in [5, 5.41) is 0. The number of hydrogen-bond acceptors (Lipinski definition) is 8. The highest BCUT2D eigenvalue weighted by atomic mass is 32.2. The zero-order chi connectivity index (χ0) is 32.5. The lowest BCUT2D eigenvalue weighted by atomic mass is 10.0. The molecule has 0 amide bonds. The summed E-state index contributed by atoms with van der Waals surface area (Å²) in [6.07, 6.45) is -1.02. The van der Waals surface area contributed by atoms with Gasteiger partial charge in [-0.15, -0.1) is 23.5 Å². The third-order valence-corrected chi connectivity index (χ3v) is 10.8. The van der Waals surface area contributed by atoms with Gasteiger partial charge >= 0.3 is 5.97 Å². The van der Waals surface area contributed by atoms with Gasteiger partial charge < -0.3 is 23.7 Å². The van der Waals surface area contributed by atoms with Crippen molar-refractivity contribution >= 4 is 29.5 Å². The van der Waals surface area contributed by atoms with E-state index in [0.717, 1.165) is 40.2 Å². The Kier molecular flexibility index (Phi) is 14.7. The second-order valence-electron chi connectivity index (χ2n) is 11.4. The van der Waals surface area contributed by atoms with E-state index in [4.69, 9.17) is 23.7 Å². The van der Waals surface area contributed by atoms with Gasteiger partial charge in [0.15, 0.2) is 0 Å². The molecule has 1 heterocycles. The van der Waals surface area contributed by atoms with E-state index in [9.17, 15) is 4.79 Å². The Hall–Kier alpha value is -3.11. The first-order valence-corrected chi connectivity index (χ1v) is 18.2. The quantitative estimate of drug-likeness (QED) is 0.0984. The SMILES string of the molecule is CC(=O)OC[C@@H](OCc1ccccc1)[C@H](OCc1ccccc1)[C@@H](OCc1ccccc1)[C@@H](OCc1ccccc1)C1SCCCS1. The summed E-state index contributed by atoms with van der Waals surface area (Å²) in [5.41, 5.74) is 4.17. The van der Waals surface area contributed by atoms with Gasteiger partial charge in [-0.3, -0.25) is 4.79 Å². The van der Waals surface area contributed by atoms with Crippen LogP contribution in [0, 0.1) is 0 Å². The second-order valence-corrected chi connectivity index (χ2v) is 14.2. The summed E-state index contributed by atoms with van der Waals surface area (Å²) in [6, 6.07) is 40.4. The van der Waals surface area contributed by atoms with Gasteiger partial charge in [-0.2, -0.15) is 0 Å². The van der Waals surface area contributed by atoms with E-state index in [1.165, 1.54) is 6.92 Å². The smallest absolute Gasteiger partial charge is 0.302 e. The molecule has 0 bridgehead atoms. The van der Waals surface area contributed by atoms with E-state index in [0.29, 0.717) is 26.4 Å². The molecule has 4 aromatic carbocycles. The Morgan fingerprint density at radius 2 is 1.00 bits per heavy atom. The average molecular weight is 673 g/mol. The van der Waals surface area contributed by atoms with Crippen molar-refractivity contribution in [2.75, 3.05) is 18.1 Å². The molecule has 6 nitrogen and oxygen atoms in total. The van der Waals surface area contributed by atoms with Gasteiger partial charge in [-0.05, 0) is 40.2 Å². The van der Waals surface area contributed by atoms with E-state index >= 15 is 0 Å². The number of thioether (sulfide) groups is 2. The highest BCUT2D eigenvalue weighted by Gasteiger charge is 2.43. The van der Waals surface area contributed by atoms with Crippen LogP contribution in [0.5, 0.6) is 0 Å². The maximum Gasteiger partial charge on any atom is 0.302 e. The van der Waals surface area contributed by atoms with Gasteiger partial charge in [0.1, 0.15) is 31.0 Å². The maximum atomic E-state index is 12.2. The van der Waals surface area contributed by atoms with Crippen LogP contribution in [-0.2, 0) is 54.9 Å². The first kappa shape index (κ1) is 35.2. The van der Waals surface area contributed by atoms with Crippen molar-refractivity contribution in [3.05, 3.63) is 144 Å². The minimum atomic E-state index is -0.634. The molecular formula is C39H44O6S2. The molecule has 0 spiro atoms. The zero-order valence-electron chi connectivity index (χ0n) is 26.9. The van der Waals surface area contributed by atoms with Crippen LogP contribution in [0.1, 0.15) is 35.6 Å². The summed E-state index contributed by atoms with van der Waals surface area (Å²) in [6.45, 7) is 2.88. The minimum Gasteiger partial charge on any atom is -0.463 e. The van der Waals surface area contributed by atoms with Gasteiger partial charge in [-0.1, -0.05) is 121 Å². The molecule has 0 unspecified atom stereocenters. The first-order chi connectivity index (χ1) is 23.2. The monoisotopic (exact) mass is 672 g/mol. The molecule has 0 N–H and O–H groups in total. The van der Waals surface area contributed by atoms with E-state index in [1.54, 1.807) is 0 Å². The average Bonchev–Trinajstić information content (AvgIpc) is 3.13.